The van der Waals surface area contributed by atoms with Gasteiger partial charge in [0.25, 0.3) is 0 Å². The van der Waals surface area contributed by atoms with Gasteiger partial charge in [-0.25, -0.2) is 0 Å². The Morgan fingerprint density at radius 3 is 2.45 bits per heavy atom. The molecule has 0 amide bonds. The third-order valence-electron chi connectivity index (χ3n) is 6.44. The summed E-state index contributed by atoms with van der Waals surface area (Å²) < 4.78 is 0. The first-order valence-corrected chi connectivity index (χ1v) is 9.01. The van der Waals surface area contributed by atoms with Crippen LogP contribution in [0, 0.1) is 23.7 Å². The Bertz CT molecular complexity index is 445. The lowest BCUT2D eigenvalue weighted by molar-refractivity contribution is 0.198. The van der Waals surface area contributed by atoms with Gasteiger partial charge < -0.3 is 0 Å². The fourth-order valence-electron chi connectivity index (χ4n) is 5.48. The molecule has 4 rings (SSSR count). The standard InChI is InChI=1S/C20H28/c1-2-7-15(8-3-1)18-11-6-12-19-17-10-5-4-9-16(17)13-14-20(18)19/h4,9,13-15,17-19H,1-3,5-8,10-12H2. The molecule has 0 aromatic carbocycles. The zero-order valence-electron chi connectivity index (χ0n) is 12.7. The summed E-state index contributed by atoms with van der Waals surface area (Å²) in [5.74, 6) is 3.73. The Balaban J connectivity index is 1.61. The molecule has 0 heteroatoms. The van der Waals surface area contributed by atoms with Crippen LogP contribution in [0.1, 0.15) is 64.2 Å². The van der Waals surface area contributed by atoms with Gasteiger partial charge in [-0.2, -0.15) is 0 Å². The molecule has 108 valence electrons. The van der Waals surface area contributed by atoms with Crippen LogP contribution >= 0.6 is 0 Å². The van der Waals surface area contributed by atoms with E-state index in [4.69, 9.17) is 0 Å². The van der Waals surface area contributed by atoms with Crippen molar-refractivity contribution in [2.45, 2.75) is 64.2 Å². The molecule has 4 aliphatic rings. The fourth-order valence-corrected chi connectivity index (χ4v) is 5.48. The van der Waals surface area contributed by atoms with Gasteiger partial charge in [0.1, 0.15) is 0 Å². The average molecular weight is 268 g/mol. The lowest BCUT2D eigenvalue weighted by Gasteiger charge is -2.44. The summed E-state index contributed by atoms with van der Waals surface area (Å²) >= 11 is 0. The van der Waals surface area contributed by atoms with E-state index < -0.39 is 0 Å². The second kappa shape index (κ2) is 5.54. The Hall–Kier alpha value is -0.780. The Kier molecular flexibility index (Phi) is 3.58. The molecule has 0 nitrogen and oxygen atoms in total. The molecule has 4 aliphatic carbocycles. The third-order valence-corrected chi connectivity index (χ3v) is 6.44. The smallest absolute Gasteiger partial charge is 0.00933 e. The molecule has 0 bridgehead atoms. The van der Waals surface area contributed by atoms with Crippen LogP contribution in [0.15, 0.2) is 35.5 Å². The summed E-state index contributed by atoms with van der Waals surface area (Å²) in [6, 6.07) is 0. The summed E-state index contributed by atoms with van der Waals surface area (Å²) in [4.78, 5) is 0. The van der Waals surface area contributed by atoms with E-state index in [0.717, 1.165) is 23.7 Å². The molecule has 0 N–H and O–H groups in total. The van der Waals surface area contributed by atoms with Crippen molar-refractivity contribution < 1.29 is 0 Å². The van der Waals surface area contributed by atoms with Gasteiger partial charge in [0.15, 0.2) is 0 Å². The van der Waals surface area contributed by atoms with Gasteiger partial charge in [-0.1, -0.05) is 55.6 Å². The van der Waals surface area contributed by atoms with Crippen LogP contribution in [0.25, 0.3) is 0 Å². The van der Waals surface area contributed by atoms with E-state index in [1.807, 2.05) is 5.57 Å². The van der Waals surface area contributed by atoms with Gasteiger partial charge in [-0.15, -0.1) is 0 Å². The van der Waals surface area contributed by atoms with Gasteiger partial charge >= 0.3 is 0 Å². The highest BCUT2D eigenvalue weighted by molar-refractivity contribution is 5.38. The summed E-state index contributed by atoms with van der Waals surface area (Å²) in [5, 5.41) is 0. The van der Waals surface area contributed by atoms with Gasteiger partial charge in [-0.05, 0) is 67.8 Å². The zero-order chi connectivity index (χ0) is 13.4. The first-order chi connectivity index (χ1) is 9.93. The summed E-state index contributed by atoms with van der Waals surface area (Å²) in [6.07, 6.45) is 24.4. The molecule has 20 heavy (non-hydrogen) atoms. The van der Waals surface area contributed by atoms with Crippen molar-refractivity contribution in [1.82, 2.24) is 0 Å². The van der Waals surface area contributed by atoms with Crippen molar-refractivity contribution in [3.05, 3.63) is 35.5 Å². The van der Waals surface area contributed by atoms with Crippen molar-refractivity contribution >= 4 is 0 Å². The van der Waals surface area contributed by atoms with Crippen LogP contribution in [0.4, 0.5) is 0 Å². The Morgan fingerprint density at radius 1 is 0.700 bits per heavy atom. The first-order valence-electron chi connectivity index (χ1n) is 9.01. The van der Waals surface area contributed by atoms with Crippen LogP contribution in [-0.4, -0.2) is 0 Å². The monoisotopic (exact) mass is 268 g/mol. The van der Waals surface area contributed by atoms with Crippen molar-refractivity contribution in [2.75, 3.05) is 0 Å². The quantitative estimate of drug-likeness (QED) is 0.562. The molecular weight excluding hydrogens is 240 g/mol. The normalized spacial score (nSPS) is 37.7. The molecule has 0 spiro atoms. The second-order valence-corrected chi connectivity index (χ2v) is 7.46. The molecule has 0 aliphatic heterocycles. The summed E-state index contributed by atoms with van der Waals surface area (Å²) in [7, 11) is 0. The minimum Gasteiger partial charge on any atom is -0.0842 e. The maximum absolute atomic E-state index is 2.55. The van der Waals surface area contributed by atoms with Gasteiger partial charge in [0.05, 0.1) is 0 Å². The average Bonchev–Trinajstić information content (AvgIpc) is 2.55. The van der Waals surface area contributed by atoms with E-state index in [1.165, 1.54) is 64.2 Å². The van der Waals surface area contributed by atoms with E-state index in [2.05, 4.69) is 24.3 Å². The van der Waals surface area contributed by atoms with Crippen LogP contribution in [-0.2, 0) is 0 Å². The summed E-state index contributed by atoms with van der Waals surface area (Å²) in [5.41, 5.74) is 3.50. The predicted molar refractivity (Wildman–Crippen MR) is 85.4 cm³/mol. The maximum Gasteiger partial charge on any atom is -0.00933 e. The molecule has 2 saturated carbocycles. The topological polar surface area (TPSA) is 0 Å². The molecule has 0 aromatic heterocycles. The Morgan fingerprint density at radius 2 is 1.55 bits per heavy atom. The van der Waals surface area contributed by atoms with E-state index in [0.29, 0.717) is 0 Å². The highest BCUT2D eigenvalue weighted by Crippen LogP contribution is 2.50. The number of hydrogen-bond acceptors (Lipinski definition) is 0. The molecule has 0 heterocycles. The first kappa shape index (κ1) is 12.9. The SMILES string of the molecule is C1=CC2=CC=C3C(C4CCCCC4)CCCC3C2CC1. The molecule has 0 aromatic rings. The van der Waals surface area contributed by atoms with Gasteiger partial charge in [0.2, 0.25) is 0 Å². The summed E-state index contributed by atoms with van der Waals surface area (Å²) in [6.45, 7) is 0. The van der Waals surface area contributed by atoms with Crippen LogP contribution in [0.5, 0.6) is 0 Å². The predicted octanol–water partition coefficient (Wildman–Crippen LogP) is 5.82. The number of fused-ring (bicyclic) bond motifs is 3. The number of allylic oxidation sites excluding steroid dienone is 6. The lowest BCUT2D eigenvalue weighted by Crippen LogP contribution is -2.33. The third kappa shape index (κ3) is 2.22. The zero-order valence-corrected chi connectivity index (χ0v) is 12.7. The van der Waals surface area contributed by atoms with Gasteiger partial charge in [0, 0.05) is 0 Å². The molecule has 2 fully saturated rings. The largest absolute Gasteiger partial charge is 0.0842 e. The lowest BCUT2D eigenvalue weighted by atomic mass is 9.60. The molecular formula is C20H28. The van der Waals surface area contributed by atoms with Crippen molar-refractivity contribution in [3.8, 4) is 0 Å². The minimum atomic E-state index is 0.867. The highest BCUT2D eigenvalue weighted by atomic mass is 14.4. The maximum atomic E-state index is 2.55. The van der Waals surface area contributed by atoms with Crippen molar-refractivity contribution in [3.63, 3.8) is 0 Å². The van der Waals surface area contributed by atoms with E-state index in [9.17, 15) is 0 Å². The molecule has 3 unspecified atom stereocenters. The minimum absolute atomic E-state index is 0.867. The van der Waals surface area contributed by atoms with Crippen LogP contribution in [0.2, 0.25) is 0 Å². The Labute approximate surface area is 124 Å². The van der Waals surface area contributed by atoms with E-state index in [1.54, 1.807) is 5.57 Å². The van der Waals surface area contributed by atoms with Gasteiger partial charge in [-0.3, -0.25) is 0 Å². The number of rotatable bonds is 1. The van der Waals surface area contributed by atoms with Crippen molar-refractivity contribution in [1.29, 1.82) is 0 Å². The molecule has 0 saturated heterocycles. The fraction of sp³-hybridized carbons (Fsp3) is 0.700. The number of hydrogen-bond donors (Lipinski definition) is 0. The van der Waals surface area contributed by atoms with Crippen LogP contribution < -0.4 is 0 Å². The van der Waals surface area contributed by atoms with E-state index >= 15 is 0 Å². The molecule has 0 radical (unpaired) electrons. The van der Waals surface area contributed by atoms with Crippen LogP contribution in [0.3, 0.4) is 0 Å². The highest BCUT2D eigenvalue weighted by Gasteiger charge is 2.38. The molecule has 3 atom stereocenters. The van der Waals surface area contributed by atoms with Crippen molar-refractivity contribution in [2.24, 2.45) is 23.7 Å². The second-order valence-electron chi connectivity index (χ2n) is 7.46. The van der Waals surface area contributed by atoms with E-state index in [-0.39, 0.29) is 0 Å².